The summed E-state index contributed by atoms with van der Waals surface area (Å²) in [5.74, 6) is -0.486. The van der Waals surface area contributed by atoms with E-state index in [1.54, 1.807) is 0 Å². The molecule has 1 aliphatic rings. The van der Waals surface area contributed by atoms with Gasteiger partial charge in [-0.15, -0.1) is 0 Å². The second-order valence-electron chi connectivity index (χ2n) is 19.8. The van der Waals surface area contributed by atoms with Crippen molar-refractivity contribution >= 4 is 13.8 Å². The molecule has 71 heavy (non-hydrogen) atoms. The van der Waals surface area contributed by atoms with E-state index in [4.69, 9.17) is 18.5 Å². The van der Waals surface area contributed by atoms with E-state index in [1.165, 1.54) is 116 Å². The monoisotopic (exact) mass is 1020 g/mol. The lowest BCUT2D eigenvalue weighted by Crippen LogP contribution is -2.64. The number of carbonyl (C=O) groups is 1. The molecule has 13 heteroatoms. The van der Waals surface area contributed by atoms with Gasteiger partial charge in [0.2, 0.25) is 0 Å². The van der Waals surface area contributed by atoms with Gasteiger partial charge in [-0.3, -0.25) is 13.8 Å². The first kappa shape index (κ1) is 67.1. The number of aliphatic hydroxyl groups is 5. The maximum atomic E-state index is 12.9. The SMILES string of the molecule is CC/C=C\C/C=C\C/C=C\C/C=C\C/C=C\CCCCCCCCCC(=O)OC(COCCCCCCCCCCCCCCCCCCCCCCC)COP(=O)(O)OC1C(O)C(O)C(O)C(O)C1O. The largest absolute Gasteiger partial charge is 0.472 e. The minimum absolute atomic E-state index is 0.0805. The van der Waals surface area contributed by atoms with Gasteiger partial charge in [0, 0.05) is 13.0 Å². The van der Waals surface area contributed by atoms with Gasteiger partial charge in [0.15, 0.2) is 0 Å². The molecule has 0 aromatic rings. The smallest absolute Gasteiger partial charge is 0.457 e. The summed E-state index contributed by atoms with van der Waals surface area (Å²) < 4.78 is 34.4. The van der Waals surface area contributed by atoms with Crippen molar-refractivity contribution in [3.05, 3.63) is 60.8 Å². The molecule has 1 aliphatic carbocycles. The standard InChI is InChI=1S/C58H105O12P/c1-3-5-7-9-11-13-15-17-19-21-23-25-26-27-29-31-33-35-37-39-41-43-45-47-52(59)69-51(50-68-71(65,66)70-58-56(63)54(61)53(60)55(62)57(58)64)49-67-48-46-44-42-40-38-36-34-32-30-28-24-22-20-18-16-14-12-10-8-6-4-2/h5,7,11,13,17,19,23,25,27,29,51,53-58,60-64H,3-4,6,8-10,12,14-16,18,20-22,24,26,28,30-50H2,1-2H3,(H,65,66)/b7-5-,13-11-,19-17-,25-23-,29-27-. The average molecular weight is 1030 g/mol. The fourth-order valence-electron chi connectivity index (χ4n) is 8.68. The van der Waals surface area contributed by atoms with E-state index in [2.05, 4.69) is 74.6 Å². The molecular formula is C58H105O12P. The van der Waals surface area contributed by atoms with Gasteiger partial charge in [0.05, 0.1) is 13.2 Å². The highest BCUT2D eigenvalue weighted by Crippen LogP contribution is 2.47. The molecule has 1 saturated carbocycles. The van der Waals surface area contributed by atoms with Gasteiger partial charge in [0.25, 0.3) is 0 Å². The first-order valence-electron chi connectivity index (χ1n) is 28.6. The number of unbranched alkanes of at least 4 members (excludes halogenated alkanes) is 27. The maximum Gasteiger partial charge on any atom is 0.472 e. The minimum Gasteiger partial charge on any atom is -0.457 e. The Bertz CT molecular complexity index is 1400. The normalized spacial score (nSPS) is 21.2. The number of phosphoric acid groups is 1. The molecule has 6 atom stereocenters. The third kappa shape index (κ3) is 39.2. The zero-order valence-electron chi connectivity index (χ0n) is 44.8. The molecule has 0 amide bonds. The Balaban J connectivity index is 2.30. The van der Waals surface area contributed by atoms with Gasteiger partial charge >= 0.3 is 13.8 Å². The summed E-state index contributed by atoms with van der Waals surface area (Å²) in [7, 11) is -5.03. The summed E-state index contributed by atoms with van der Waals surface area (Å²) in [5, 5.41) is 50.4. The van der Waals surface area contributed by atoms with Crippen molar-refractivity contribution in [2.75, 3.05) is 19.8 Å². The number of carbonyl (C=O) groups excluding carboxylic acids is 1. The summed E-state index contributed by atoms with van der Waals surface area (Å²) in [6, 6.07) is 0. The van der Waals surface area contributed by atoms with Crippen LogP contribution in [0.25, 0.3) is 0 Å². The van der Waals surface area contributed by atoms with Crippen LogP contribution in [0.5, 0.6) is 0 Å². The molecule has 0 aromatic heterocycles. The van der Waals surface area contributed by atoms with Crippen molar-refractivity contribution in [1.82, 2.24) is 0 Å². The summed E-state index contributed by atoms with van der Waals surface area (Å²) in [6.07, 6.45) is 50.0. The molecule has 1 rings (SSSR count). The Labute approximate surface area is 432 Å². The van der Waals surface area contributed by atoms with Crippen molar-refractivity contribution in [3.8, 4) is 0 Å². The minimum atomic E-state index is -5.03. The summed E-state index contributed by atoms with van der Waals surface area (Å²) >= 11 is 0. The van der Waals surface area contributed by atoms with Crippen LogP contribution in [0.2, 0.25) is 0 Å². The Morgan fingerprint density at radius 1 is 0.465 bits per heavy atom. The van der Waals surface area contributed by atoms with Gasteiger partial charge in [-0.1, -0.05) is 235 Å². The van der Waals surface area contributed by atoms with Crippen LogP contribution in [0.4, 0.5) is 0 Å². The second kappa shape index (κ2) is 47.7. The highest BCUT2D eigenvalue weighted by Gasteiger charge is 2.51. The van der Waals surface area contributed by atoms with Gasteiger partial charge < -0.3 is 39.9 Å². The Morgan fingerprint density at radius 3 is 1.27 bits per heavy atom. The Hall–Kier alpha value is -1.96. The average Bonchev–Trinajstić information content (AvgIpc) is 3.36. The zero-order valence-corrected chi connectivity index (χ0v) is 45.7. The first-order chi connectivity index (χ1) is 34.5. The lowest BCUT2D eigenvalue weighted by molar-refractivity contribution is -0.220. The molecule has 414 valence electrons. The van der Waals surface area contributed by atoms with E-state index >= 15 is 0 Å². The molecule has 12 nitrogen and oxygen atoms in total. The highest BCUT2D eigenvalue weighted by atomic mass is 31.2. The number of aliphatic hydroxyl groups excluding tert-OH is 5. The predicted octanol–water partition coefficient (Wildman–Crippen LogP) is 13.7. The van der Waals surface area contributed by atoms with Crippen molar-refractivity contribution < 1.29 is 58.3 Å². The number of hydrogen-bond donors (Lipinski definition) is 6. The van der Waals surface area contributed by atoms with E-state index in [0.717, 1.165) is 96.3 Å². The van der Waals surface area contributed by atoms with E-state index in [-0.39, 0.29) is 13.0 Å². The van der Waals surface area contributed by atoms with Gasteiger partial charge in [-0.05, 0) is 57.8 Å². The maximum absolute atomic E-state index is 12.9. The van der Waals surface area contributed by atoms with E-state index < -0.39 is 63.1 Å². The van der Waals surface area contributed by atoms with Crippen molar-refractivity contribution in [2.45, 2.75) is 281 Å². The number of ether oxygens (including phenoxy) is 2. The number of rotatable bonds is 49. The number of allylic oxidation sites excluding steroid dienone is 10. The van der Waals surface area contributed by atoms with Crippen LogP contribution in [0.15, 0.2) is 60.8 Å². The molecule has 6 unspecified atom stereocenters. The number of phosphoric ester groups is 1. The second-order valence-corrected chi connectivity index (χ2v) is 21.2. The van der Waals surface area contributed by atoms with Crippen molar-refractivity contribution in [2.24, 2.45) is 0 Å². The zero-order chi connectivity index (χ0) is 51.9. The molecule has 6 N–H and O–H groups in total. The van der Waals surface area contributed by atoms with Crippen LogP contribution >= 0.6 is 7.82 Å². The molecule has 0 aliphatic heterocycles. The topological polar surface area (TPSA) is 192 Å². The highest BCUT2D eigenvalue weighted by molar-refractivity contribution is 7.47. The third-order valence-electron chi connectivity index (χ3n) is 13.2. The molecule has 0 saturated heterocycles. The lowest BCUT2D eigenvalue weighted by Gasteiger charge is -2.41. The van der Waals surface area contributed by atoms with Crippen LogP contribution in [-0.4, -0.2) is 98.9 Å². The predicted molar refractivity (Wildman–Crippen MR) is 290 cm³/mol. The van der Waals surface area contributed by atoms with Gasteiger partial charge in [-0.2, -0.15) is 0 Å². The lowest BCUT2D eigenvalue weighted by atomic mass is 9.85. The molecule has 0 spiro atoms. The van der Waals surface area contributed by atoms with Crippen LogP contribution in [0.3, 0.4) is 0 Å². The van der Waals surface area contributed by atoms with Gasteiger partial charge in [0.1, 0.15) is 42.7 Å². The molecule has 0 aromatic carbocycles. The van der Waals surface area contributed by atoms with E-state index in [9.17, 15) is 39.8 Å². The number of esters is 1. The summed E-state index contributed by atoms with van der Waals surface area (Å²) in [4.78, 5) is 23.3. The first-order valence-corrected chi connectivity index (χ1v) is 30.1. The van der Waals surface area contributed by atoms with E-state index in [1.807, 2.05) is 0 Å². The van der Waals surface area contributed by atoms with Crippen molar-refractivity contribution in [3.63, 3.8) is 0 Å². The Kier molecular flexibility index (Phi) is 45.1. The van der Waals surface area contributed by atoms with Crippen molar-refractivity contribution in [1.29, 1.82) is 0 Å². The van der Waals surface area contributed by atoms with Gasteiger partial charge in [-0.25, -0.2) is 4.57 Å². The summed E-state index contributed by atoms with van der Waals surface area (Å²) in [5.41, 5.74) is 0. The van der Waals surface area contributed by atoms with Crippen LogP contribution in [-0.2, 0) is 27.9 Å². The van der Waals surface area contributed by atoms with Crippen LogP contribution in [0.1, 0.15) is 239 Å². The quantitative estimate of drug-likeness (QED) is 0.0146. The summed E-state index contributed by atoms with van der Waals surface area (Å²) in [6.45, 7) is 4.18. The molecular weight excluding hydrogens is 920 g/mol. The fourth-order valence-corrected chi connectivity index (χ4v) is 9.65. The Morgan fingerprint density at radius 2 is 0.831 bits per heavy atom. The van der Waals surface area contributed by atoms with Crippen LogP contribution < -0.4 is 0 Å². The number of hydrogen-bond acceptors (Lipinski definition) is 11. The molecule has 0 radical (unpaired) electrons. The molecule has 0 heterocycles. The van der Waals surface area contributed by atoms with Crippen LogP contribution in [0, 0.1) is 0 Å². The fraction of sp³-hybridized carbons (Fsp3) is 0.810. The third-order valence-corrected chi connectivity index (χ3v) is 14.1. The van der Waals surface area contributed by atoms with E-state index in [0.29, 0.717) is 13.0 Å². The molecule has 1 fully saturated rings. The molecule has 0 bridgehead atoms.